The smallest absolute Gasteiger partial charge is 0.298 e. The van der Waals surface area contributed by atoms with Gasteiger partial charge in [-0.05, 0) is 38.5 Å². The second-order valence-corrected chi connectivity index (χ2v) is 4.90. The molecule has 0 spiro atoms. The first-order valence-electron chi connectivity index (χ1n) is 5.64. The van der Waals surface area contributed by atoms with Crippen molar-refractivity contribution in [3.8, 4) is 0 Å². The van der Waals surface area contributed by atoms with E-state index in [4.69, 9.17) is 12.2 Å². The highest BCUT2D eigenvalue weighted by molar-refractivity contribution is 7.71. The van der Waals surface area contributed by atoms with Crippen LogP contribution in [0, 0.1) is 4.64 Å². The molecule has 3 rings (SSSR count). The molecule has 0 atom stereocenters. The summed E-state index contributed by atoms with van der Waals surface area (Å²) >= 11 is 5.22. The number of aromatic nitrogens is 2. The van der Waals surface area contributed by atoms with Crippen LogP contribution in [0.2, 0.25) is 0 Å². The van der Waals surface area contributed by atoms with Gasteiger partial charge in [-0.1, -0.05) is 12.2 Å². The van der Waals surface area contributed by atoms with Crippen LogP contribution < -0.4 is 5.69 Å². The average molecular weight is 222 g/mol. The van der Waals surface area contributed by atoms with Crippen LogP contribution in [0.3, 0.4) is 0 Å². The molecule has 1 saturated carbocycles. The molecule has 2 aliphatic carbocycles. The van der Waals surface area contributed by atoms with Gasteiger partial charge < -0.3 is 0 Å². The third kappa shape index (κ3) is 1.47. The Labute approximate surface area is 93.1 Å². The Morgan fingerprint density at radius 2 is 2.00 bits per heavy atom. The van der Waals surface area contributed by atoms with Crippen LogP contribution in [-0.2, 0) is 12.8 Å². The topological polar surface area (TPSA) is 37.8 Å². The second kappa shape index (κ2) is 3.30. The summed E-state index contributed by atoms with van der Waals surface area (Å²) in [4.78, 5) is 14.6. The summed E-state index contributed by atoms with van der Waals surface area (Å²) in [6.07, 6.45) is 6.76. The molecule has 1 heterocycles. The molecule has 0 unspecified atom stereocenters. The number of hydrogen-bond acceptors (Lipinski definition) is 2. The summed E-state index contributed by atoms with van der Waals surface area (Å²) < 4.78 is 2.64. The van der Waals surface area contributed by atoms with Gasteiger partial charge >= 0.3 is 5.69 Å². The Morgan fingerprint density at radius 1 is 1.27 bits per heavy atom. The SMILES string of the molecule is O=c1[nH]c(=S)c2c(n1C1CC1)CCCC2. The zero-order valence-electron chi connectivity index (χ0n) is 8.58. The fourth-order valence-electron chi connectivity index (χ4n) is 2.47. The fraction of sp³-hybridized carbons (Fsp3) is 0.636. The molecule has 1 aromatic heterocycles. The summed E-state index contributed by atoms with van der Waals surface area (Å²) in [5.41, 5.74) is 2.45. The van der Waals surface area contributed by atoms with Crippen molar-refractivity contribution in [2.75, 3.05) is 0 Å². The van der Waals surface area contributed by atoms with Crippen molar-refractivity contribution < 1.29 is 0 Å². The highest BCUT2D eigenvalue weighted by Gasteiger charge is 2.29. The number of rotatable bonds is 1. The van der Waals surface area contributed by atoms with E-state index in [9.17, 15) is 4.79 Å². The molecule has 2 aliphatic rings. The molecule has 1 N–H and O–H groups in total. The molecule has 0 aliphatic heterocycles. The van der Waals surface area contributed by atoms with E-state index in [-0.39, 0.29) is 5.69 Å². The standard InChI is InChI=1S/C11H14N2OS/c14-11-12-10(15)8-3-1-2-4-9(8)13(11)7-5-6-7/h7H,1-6H2,(H,12,14,15). The molecular formula is C11H14N2OS. The Hall–Kier alpha value is -0.900. The van der Waals surface area contributed by atoms with Gasteiger partial charge in [0.2, 0.25) is 0 Å². The number of nitrogens with zero attached hydrogens (tertiary/aromatic N) is 1. The summed E-state index contributed by atoms with van der Waals surface area (Å²) in [5.74, 6) is 0. The predicted molar refractivity (Wildman–Crippen MR) is 60.8 cm³/mol. The molecule has 4 heteroatoms. The van der Waals surface area contributed by atoms with E-state index in [0.717, 1.165) is 25.7 Å². The van der Waals surface area contributed by atoms with Crippen LogP contribution in [0.1, 0.15) is 43.0 Å². The van der Waals surface area contributed by atoms with Crippen molar-refractivity contribution in [3.05, 3.63) is 26.4 Å². The minimum absolute atomic E-state index is 0.00292. The lowest BCUT2D eigenvalue weighted by Gasteiger charge is -2.20. The zero-order valence-corrected chi connectivity index (χ0v) is 9.40. The Morgan fingerprint density at radius 3 is 2.73 bits per heavy atom. The first-order chi connectivity index (χ1) is 7.27. The maximum absolute atomic E-state index is 11.8. The van der Waals surface area contributed by atoms with E-state index >= 15 is 0 Å². The summed E-state index contributed by atoms with van der Waals surface area (Å²) in [7, 11) is 0. The van der Waals surface area contributed by atoms with Crippen LogP contribution in [0.25, 0.3) is 0 Å². The van der Waals surface area contributed by atoms with Gasteiger partial charge in [-0.15, -0.1) is 0 Å². The van der Waals surface area contributed by atoms with Crippen molar-refractivity contribution in [2.24, 2.45) is 0 Å². The van der Waals surface area contributed by atoms with Gasteiger partial charge in [-0.3, -0.25) is 9.55 Å². The maximum atomic E-state index is 11.8. The molecule has 0 amide bonds. The fourth-order valence-corrected chi connectivity index (χ4v) is 2.78. The van der Waals surface area contributed by atoms with Crippen molar-refractivity contribution in [2.45, 2.75) is 44.6 Å². The quantitative estimate of drug-likeness (QED) is 0.739. The maximum Gasteiger partial charge on any atom is 0.326 e. The summed E-state index contributed by atoms with van der Waals surface area (Å²) in [6.45, 7) is 0. The van der Waals surface area contributed by atoms with E-state index in [1.807, 2.05) is 4.57 Å². The molecule has 0 saturated heterocycles. The number of fused-ring (bicyclic) bond motifs is 1. The number of hydrogen-bond donors (Lipinski definition) is 1. The van der Waals surface area contributed by atoms with Gasteiger partial charge in [0, 0.05) is 17.3 Å². The number of H-pyrrole nitrogens is 1. The van der Waals surface area contributed by atoms with Gasteiger partial charge in [-0.25, -0.2) is 4.79 Å². The minimum atomic E-state index is 0.00292. The van der Waals surface area contributed by atoms with Crippen LogP contribution in [0.5, 0.6) is 0 Å². The predicted octanol–water partition coefficient (Wildman–Crippen LogP) is 2.12. The van der Waals surface area contributed by atoms with Crippen molar-refractivity contribution in [1.82, 2.24) is 9.55 Å². The highest BCUT2D eigenvalue weighted by Crippen LogP contribution is 2.36. The number of aromatic amines is 1. The first kappa shape index (κ1) is 9.33. The summed E-state index contributed by atoms with van der Waals surface area (Å²) in [5, 5.41) is 0. The second-order valence-electron chi connectivity index (χ2n) is 4.49. The van der Waals surface area contributed by atoms with Crippen LogP contribution in [0.4, 0.5) is 0 Å². The van der Waals surface area contributed by atoms with Crippen LogP contribution >= 0.6 is 12.2 Å². The van der Waals surface area contributed by atoms with Gasteiger partial charge in [0.25, 0.3) is 0 Å². The Bertz CT molecular complexity index is 510. The van der Waals surface area contributed by atoms with Gasteiger partial charge in [0.1, 0.15) is 4.64 Å². The van der Waals surface area contributed by atoms with Gasteiger partial charge in [0.05, 0.1) is 0 Å². The van der Waals surface area contributed by atoms with Crippen molar-refractivity contribution in [1.29, 1.82) is 0 Å². The normalized spacial score (nSPS) is 20.0. The highest BCUT2D eigenvalue weighted by atomic mass is 32.1. The molecule has 15 heavy (non-hydrogen) atoms. The zero-order chi connectivity index (χ0) is 10.4. The lowest BCUT2D eigenvalue weighted by molar-refractivity contribution is 0.565. The first-order valence-corrected chi connectivity index (χ1v) is 6.05. The molecule has 0 bridgehead atoms. The lowest BCUT2D eigenvalue weighted by atomic mass is 9.97. The van der Waals surface area contributed by atoms with E-state index in [2.05, 4.69) is 4.98 Å². The van der Waals surface area contributed by atoms with Gasteiger partial charge in [0.15, 0.2) is 0 Å². The van der Waals surface area contributed by atoms with Crippen molar-refractivity contribution in [3.63, 3.8) is 0 Å². The molecule has 3 nitrogen and oxygen atoms in total. The van der Waals surface area contributed by atoms with E-state index in [1.165, 1.54) is 24.1 Å². The molecule has 1 aromatic rings. The molecular weight excluding hydrogens is 208 g/mol. The molecule has 0 radical (unpaired) electrons. The Kier molecular flexibility index (Phi) is 2.06. The van der Waals surface area contributed by atoms with E-state index in [1.54, 1.807) is 0 Å². The van der Waals surface area contributed by atoms with Gasteiger partial charge in [-0.2, -0.15) is 0 Å². The Balaban J connectivity index is 2.28. The van der Waals surface area contributed by atoms with Crippen LogP contribution in [-0.4, -0.2) is 9.55 Å². The average Bonchev–Trinajstić information content (AvgIpc) is 3.02. The summed E-state index contributed by atoms with van der Waals surface area (Å²) in [6, 6.07) is 0.455. The minimum Gasteiger partial charge on any atom is -0.298 e. The largest absolute Gasteiger partial charge is 0.326 e. The van der Waals surface area contributed by atoms with E-state index < -0.39 is 0 Å². The molecule has 0 aromatic carbocycles. The number of nitrogens with one attached hydrogen (secondary N) is 1. The monoisotopic (exact) mass is 222 g/mol. The third-order valence-corrected chi connectivity index (χ3v) is 3.70. The third-order valence-electron chi connectivity index (χ3n) is 3.35. The van der Waals surface area contributed by atoms with E-state index in [0.29, 0.717) is 10.7 Å². The molecule has 80 valence electrons. The molecule has 1 fully saturated rings. The van der Waals surface area contributed by atoms with Crippen molar-refractivity contribution >= 4 is 12.2 Å². The van der Waals surface area contributed by atoms with Crippen LogP contribution in [0.15, 0.2) is 4.79 Å². The lowest BCUT2D eigenvalue weighted by Crippen LogP contribution is -2.28.